The number of carboxylic acids is 1. The Morgan fingerprint density at radius 2 is 1.28 bits per heavy atom. The average molecular weight is 476 g/mol. The molecule has 0 aliphatic heterocycles. The van der Waals surface area contributed by atoms with E-state index in [1.54, 1.807) is 12.1 Å². The minimum atomic E-state index is -0.944. The quantitative estimate of drug-likeness (QED) is 0.234. The van der Waals surface area contributed by atoms with Crippen molar-refractivity contribution in [2.75, 3.05) is 19.8 Å². The highest BCUT2D eigenvalue weighted by molar-refractivity contribution is 6.13. The van der Waals surface area contributed by atoms with Gasteiger partial charge in [-0.15, -0.1) is 0 Å². The van der Waals surface area contributed by atoms with Gasteiger partial charge in [-0.25, -0.2) is 4.79 Å². The van der Waals surface area contributed by atoms with E-state index in [1.807, 2.05) is 48.5 Å². The number of carboxylic acid groups (broad SMARTS) is 1. The molecular weight excluding hydrogens is 446 g/mol. The lowest BCUT2D eigenvalue weighted by atomic mass is 9.85. The molecule has 0 saturated carbocycles. The van der Waals surface area contributed by atoms with Crippen LogP contribution in [0.5, 0.6) is 5.75 Å². The molecule has 36 heavy (non-hydrogen) atoms. The van der Waals surface area contributed by atoms with Gasteiger partial charge in [-0.3, -0.25) is 4.90 Å². The highest BCUT2D eigenvalue weighted by Gasteiger charge is 2.21. The maximum absolute atomic E-state index is 12.2. The van der Waals surface area contributed by atoms with E-state index in [0.717, 1.165) is 57.1 Å². The van der Waals surface area contributed by atoms with Crippen LogP contribution < -0.4 is 4.74 Å². The summed E-state index contributed by atoms with van der Waals surface area (Å²) in [5.74, 6) is -0.161. The van der Waals surface area contributed by atoms with Crippen LogP contribution >= 0.6 is 0 Å². The Hall–Kier alpha value is -4.15. The summed E-state index contributed by atoms with van der Waals surface area (Å²) < 4.78 is 6.47. The van der Waals surface area contributed by atoms with Crippen molar-refractivity contribution >= 4 is 27.5 Å². The zero-order valence-electron chi connectivity index (χ0n) is 20.6. The minimum absolute atomic E-state index is 0.278. The first kappa shape index (κ1) is 23.6. The molecule has 0 saturated heterocycles. The third-order valence-corrected chi connectivity index (χ3v) is 6.81. The van der Waals surface area contributed by atoms with Gasteiger partial charge in [0.25, 0.3) is 0 Å². The molecule has 0 aromatic heterocycles. The molecule has 0 heterocycles. The Morgan fingerprint density at radius 3 is 1.94 bits per heavy atom. The predicted molar refractivity (Wildman–Crippen MR) is 148 cm³/mol. The van der Waals surface area contributed by atoms with Crippen LogP contribution in [0.25, 0.3) is 43.8 Å². The summed E-state index contributed by atoms with van der Waals surface area (Å²) in [6, 6.07) is 32.0. The normalized spacial score (nSPS) is 11.3. The van der Waals surface area contributed by atoms with Gasteiger partial charge in [-0.05, 0) is 57.9 Å². The standard InChI is InChI=1S/C32H29NO3/c1-3-33(4-2)21-36-29-20-18-23-12-6-8-14-25(23)31(29)30-24-13-7-5-11-22(24)17-19-27(30)26-15-9-10-16-28(26)32(34)35/h5-20H,3-4,21H2,1-2H3,(H,34,35). The summed E-state index contributed by atoms with van der Waals surface area (Å²) in [6.45, 7) is 6.51. The summed E-state index contributed by atoms with van der Waals surface area (Å²) in [5, 5.41) is 14.3. The van der Waals surface area contributed by atoms with Gasteiger partial charge in [0.15, 0.2) is 0 Å². The second-order valence-electron chi connectivity index (χ2n) is 8.80. The summed E-state index contributed by atoms with van der Waals surface area (Å²) in [5.41, 5.74) is 3.80. The summed E-state index contributed by atoms with van der Waals surface area (Å²) in [4.78, 5) is 14.4. The molecule has 5 rings (SSSR count). The van der Waals surface area contributed by atoms with E-state index in [1.165, 1.54) is 0 Å². The van der Waals surface area contributed by atoms with Gasteiger partial charge < -0.3 is 9.84 Å². The molecule has 180 valence electrons. The van der Waals surface area contributed by atoms with Gasteiger partial charge in [-0.1, -0.05) is 98.8 Å². The van der Waals surface area contributed by atoms with Crippen molar-refractivity contribution in [3.63, 3.8) is 0 Å². The lowest BCUT2D eigenvalue weighted by Crippen LogP contribution is -2.27. The first-order valence-electron chi connectivity index (χ1n) is 12.3. The fraction of sp³-hybridized carbons (Fsp3) is 0.156. The van der Waals surface area contributed by atoms with Crippen LogP contribution in [0.3, 0.4) is 0 Å². The van der Waals surface area contributed by atoms with Gasteiger partial charge in [0, 0.05) is 11.1 Å². The smallest absolute Gasteiger partial charge is 0.336 e. The van der Waals surface area contributed by atoms with Crippen LogP contribution in [0.15, 0.2) is 97.1 Å². The van der Waals surface area contributed by atoms with Crippen LogP contribution in [0, 0.1) is 0 Å². The topological polar surface area (TPSA) is 49.8 Å². The number of rotatable bonds is 8. The fourth-order valence-electron chi connectivity index (χ4n) is 4.87. The number of benzene rings is 5. The largest absolute Gasteiger partial charge is 0.478 e. The van der Waals surface area contributed by atoms with Gasteiger partial charge in [0.05, 0.1) is 5.56 Å². The molecule has 0 unspecified atom stereocenters. The Bertz CT molecular complexity index is 1550. The summed E-state index contributed by atoms with van der Waals surface area (Å²) >= 11 is 0. The Labute approximate surface area is 211 Å². The maximum Gasteiger partial charge on any atom is 0.336 e. The number of fused-ring (bicyclic) bond motifs is 2. The van der Waals surface area contributed by atoms with Crippen molar-refractivity contribution in [2.45, 2.75) is 13.8 Å². The molecule has 4 heteroatoms. The molecular formula is C32H29NO3. The van der Waals surface area contributed by atoms with E-state index in [9.17, 15) is 9.90 Å². The molecule has 0 spiro atoms. The van der Waals surface area contributed by atoms with Crippen LogP contribution in [0.4, 0.5) is 0 Å². The maximum atomic E-state index is 12.2. The minimum Gasteiger partial charge on any atom is -0.478 e. The molecule has 5 aromatic carbocycles. The van der Waals surface area contributed by atoms with Crippen LogP contribution in [-0.4, -0.2) is 35.8 Å². The van der Waals surface area contributed by atoms with Crippen LogP contribution in [0.2, 0.25) is 0 Å². The number of hydrogen-bond acceptors (Lipinski definition) is 3. The number of carbonyl (C=O) groups is 1. The molecule has 0 amide bonds. The van der Waals surface area contributed by atoms with Gasteiger partial charge in [0.2, 0.25) is 0 Å². The predicted octanol–water partition coefficient (Wildman–Crippen LogP) is 7.70. The second-order valence-corrected chi connectivity index (χ2v) is 8.80. The van der Waals surface area contributed by atoms with Crippen LogP contribution in [0.1, 0.15) is 24.2 Å². The van der Waals surface area contributed by atoms with E-state index in [4.69, 9.17) is 4.74 Å². The van der Waals surface area contributed by atoms with Crippen molar-refractivity contribution < 1.29 is 14.6 Å². The average Bonchev–Trinajstić information content (AvgIpc) is 2.93. The first-order chi connectivity index (χ1) is 17.6. The number of ether oxygens (including phenoxy) is 1. The second kappa shape index (κ2) is 10.2. The van der Waals surface area contributed by atoms with Crippen molar-refractivity contribution in [3.8, 4) is 28.0 Å². The molecule has 0 aliphatic carbocycles. The monoisotopic (exact) mass is 475 g/mol. The molecule has 0 fully saturated rings. The van der Waals surface area contributed by atoms with Crippen molar-refractivity contribution in [3.05, 3.63) is 103 Å². The van der Waals surface area contributed by atoms with Gasteiger partial charge in [0.1, 0.15) is 12.5 Å². The molecule has 1 N–H and O–H groups in total. The molecule has 0 aliphatic rings. The van der Waals surface area contributed by atoms with Crippen molar-refractivity contribution in [2.24, 2.45) is 0 Å². The number of nitrogens with zero attached hydrogens (tertiary/aromatic N) is 1. The van der Waals surface area contributed by atoms with E-state index < -0.39 is 5.97 Å². The molecule has 0 bridgehead atoms. The SMILES string of the molecule is CCN(CC)COc1ccc2ccccc2c1-c1c(-c2ccccc2C(=O)O)ccc2ccccc12. The number of aromatic carboxylic acids is 1. The number of hydrogen-bond donors (Lipinski definition) is 1. The van der Waals surface area contributed by atoms with Gasteiger partial charge in [-0.2, -0.15) is 0 Å². The lowest BCUT2D eigenvalue weighted by molar-refractivity contribution is 0.0697. The van der Waals surface area contributed by atoms with Crippen LogP contribution in [-0.2, 0) is 0 Å². The zero-order chi connectivity index (χ0) is 25.1. The highest BCUT2D eigenvalue weighted by Crippen LogP contribution is 2.46. The first-order valence-corrected chi connectivity index (χ1v) is 12.3. The third-order valence-electron chi connectivity index (χ3n) is 6.81. The Balaban J connectivity index is 1.87. The van der Waals surface area contributed by atoms with E-state index in [-0.39, 0.29) is 5.56 Å². The Morgan fingerprint density at radius 1 is 0.694 bits per heavy atom. The molecule has 5 aromatic rings. The van der Waals surface area contributed by atoms with Gasteiger partial charge >= 0.3 is 5.97 Å². The molecule has 0 radical (unpaired) electrons. The highest BCUT2D eigenvalue weighted by atomic mass is 16.5. The summed E-state index contributed by atoms with van der Waals surface area (Å²) in [6.07, 6.45) is 0. The summed E-state index contributed by atoms with van der Waals surface area (Å²) in [7, 11) is 0. The van der Waals surface area contributed by atoms with Crippen molar-refractivity contribution in [1.82, 2.24) is 4.90 Å². The zero-order valence-corrected chi connectivity index (χ0v) is 20.6. The van der Waals surface area contributed by atoms with E-state index in [0.29, 0.717) is 12.3 Å². The lowest BCUT2D eigenvalue weighted by Gasteiger charge is -2.23. The van der Waals surface area contributed by atoms with E-state index >= 15 is 0 Å². The van der Waals surface area contributed by atoms with E-state index in [2.05, 4.69) is 55.1 Å². The molecule has 0 atom stereocenters. The fourth-order valence-corrected chi connectivity index (χ4v) is 4.87. The Kier molecular flexibility index (Phi) is 6.70. The molecule has 4 nitrogen and oxygen atoms in total. The third kappa shape index (κ3) is 4.32. The van der Waals surface area contributed by atoms with Crippen molar-refractivity contribution in [1.29, 1.82) is 0 Å².